The lowest BCUT2D eigenvalue weighted by Gasteiger charge is -2.37. The molecule has 7 nitrogen and oxygen atoms in total. The van der Waals surface area contributed by atoms with Crippen LogP contribution in [0.1, 0.15) is 22.6 Å². The Balaban J connectivity index is 2.50. The highest BCUT2D eigenvalue weighted by Gasteiger charge is 2.44. The first-order valence-corrected chi connectivity index (χ1v) is 11.4. The third kappa shape index (κ3) is 4.16. The Morgan fingerprint density at radius 2 is 1.70 bits per heavy atom. The Bertz CT molecular complexity index is 1250. The monoisotopic (exact) mass is 573 g/mol. The third-order valence-electron chi connectivity index (χ3n) is 5.53. The van der Waals surface area contributed by atoms with Gasteiger partial charge in [-0.3, -0.25) is 4.90 Å². The van der Waals surface area contributed by atoms with E-state index in [4.69, 9.17) is 15.2 Å². The van der Waals surface area contributed by atoms with E-state index in [2.05, 4.69) is 37.9 Å². The van der Waals surface area contributed by atoms with Crippen molar-refractivity contribution in [2.24, 2.45) is 5.73 Å². The first-order valence-electron chi connectivity index (χ1n) is 9.80. The molecule has 0 saturated carbocycles. The minimum atomic E-state index is -0.918. The average Bonchev–Trinajstić information content (AvgIpc) is 2.82. The molecule has 0 aliphatic carbocycles. The van der Waals surface area contributed by atoms with Gasteiger partial charge in [-0.1, -0.05) is 30.3 Å². The number of nitrogens with two attached hydrogens (primary N) is 1. The SMILES string of the molecule is COC(=O)C1=C(C(=O)OC)N(c2c(Br)cc(C)c(C)c2Br)C(N)=C(C#N)C1c1ccccc1. The van der Waals surface area contributed by atoms with Gasteiger partial charge in [0.1, 0.15) is 11.5 Å². The Morgan fingerprint density at radius 3 is 2.24 bits per heavy atom. The zero-order valence-electron chi connectivity index (χ0n) is 18.4. The molecule has 0 radical (unpaired) electrons. The van der Waals surface area contributed by atoms with Crippen molar-refractivity contribution in [3.8, 4) is 6.07 Å². The van der Waals surface area contributed by atoms with Crippen molar-refractivity contribution in [3.05, 3.63) is 84.7 Å². The molecule has 0 saturated heterocycles. The molecule has 0 aromatic heterocycles. The average molecular weight is 575 g/mol. The number of hydrogen-bond donors (Lipinski definition) is 1. The van der Waals surface area contributed by atoms with Crippen molar-refractivity contribution in [1.82, 2.24) is 0 Å². The normalized spacial score (nSPS) is 15.9. The van der Waals surface area contributed by atoms with E-state index in [1.54, 1.807) is 24.3 Å². The molecule has 2 aromatic rings. The predicted octanol–water partition coefficient (Wildman–Crippen LogP) is 4.73. The van der Waals surface area contributed by atoms with E-state index in [9.17, 15) is 14.9 Å². The van der Waals surface area contributed by atoms with Crippen LogP contribution in [-0.4, -0.2) is 26.2 Å². The molecule has 1 atom stereocenters. The molecule has 0 amide bonds. The van der Waals surface area contributed by atoms with Crippen molar-refractivity contribution < 1.29 is 19.1 Å². The second-order valence-electron chi connectivity index (χ2n) is 7.30. The summed E-state index contributed by atoms with van der Waals surface area (Å²) in [6.07, 6.45) is 0. The van der Waals surface area contributed by atoms with Crippen LogP contribution in [0.15, 0.2) is 68.0 Å². The van der Waals surface area contributed by atoms with Crippen LogP contribution in [0.3, 0.4) is 0 Å². The van der Waals surface area contributed by atoms with Crippen molar-refractivity contribution in [3.63, 3.8) is 0 Å². The topological polar surface area (TPSA) is 106 Å². The molecule has 0 bridgehead atoms. The van der Waals surface area contributed by atoms with E-state index in [0.717, 1.165) is 11.1 Å². The van der Waals surface area contributed by atoms with Crippen LogP contribution >= 0.6 is 31.9 Å². The number of carbonyl (C=O) groups excluding carboxylic acids is 2. The summed E-state index contributed by atoms with van der Waals surface area (Å²) in [6, 6.07) is 12.9. The van der Waals surface area contributed by atoms with E-state index in [1.165, 1.54) is 19.1 Å². The molecular formula is C24H21Br2N3O4. The van der Waals surface area contributed by atoms with Gasteiger partial charge in [0.05, 0.1) is 43.0 Å². The Morgan fingerprint density at radius 1 is 1.09 bits per heavy atom. The summed E-state index contributed by atoms with van der Waals surface area (Å²) in [6.45, 7) is 3.84. The third-order valence-corrected chi connectivity index (χ3v) is 7.11. The molecule has 0 fully saturated rings. The van der Waals surface area contributed by atoms with E-state index >= 15 is 0 Å². The maximum absolute atomic E-state index is 13.2. The summed E-state index contributed by atoms with van der Waals surface area (Å²) in [7, 11) is 2.43. The van der Waals surface area contributed by atoms with E-state index < -0.39 is 17.9 Å². The van der Waals surface area contributed by atoms with Crippen LogP contribution in [-0.2, 0) is 19.1 Å². The van der Waals surface area contributed by atoms with Gasteiger partial charge in [0, 0.05) is 8.95 Å². The fourth-order valence-corrected chi connectivity index (χ4v) is 5.46. The smallest absolute Gasteiger partial charge is 0.355 e. The van der Waals surface area contributed by atoms with Crippen molar-refractivity contribution in [1.29, 1.82) is 5.26 Å². The van der Waals surface area contributed by atoms with Crippen LogP contribution in [0.2, 0.25) is 0 Å². The van der Waals surface area contributed by atoms with Gasteiger partial charge in [0.25, 0.3) is 0 Å². The van der Waals surface area contributed by atoms with Gasteiger partial charge < -0.3 is 15.2 Å². The number of allylic oxidation sites excluding steroid dienone is 1. The Kier molecular flexibility index (Phi) is 7.30. The minimum Gasteiger partial charge on any atom is -0.466 e. The summed E-state index contributed by atoms with van der Waals surface area (Å²) in [5.41, 5.74) is 9.43. The molecule has 1 heterocycles. The molecule has 2 aromatic carbocycles. The van der Waals surface area contributed by atoms with Gasteiger partial charge in [-0.25, -0.2) is 9.59 Å². The lowest BCUT2D eigenvalue weighted by Crippen LogP contribution is -2.41. The van der Waals surface area contributed by atoms with E-state index in [1.807, 2.05) is 26.0 Å². The summed E-state index contributed by atoms with van der Waals surface area (Å²) in [5.74, 6) is -2.49. The molecule has 0 spiro atoms. The minimum absolute atomic E-state index is 0.00376. The number of nitrogens with zero attached hydrogens (tertiary/aromatic N) is 2. The van der Waals surface area contributed by atoms with Crippen LogP contribution in [0.5, 0.6) is 0 Å². The summed E-state index contributed by atoms with van der Waals surface area (Å²) in [4.78, 5) is 27.6. The van der Waals surface area contributed by atoms with Gasteiger partial charge in [0.15, 0.2) is 0 Å². The van der Waals surface area contributed by atoms with Gasteiger partial charge in [-0.05, 0) is 68.5 Å². The van der Waals surface area contributed by atoms with Gasteiger partial charge in [0.2, 0.25) is 0 Å². The van der Waals surface area contributed by atoms with Crippen molar-refractivity contribution in [2.75, 3.05) is 19.1 Å². The highest BCUT2D eigenvalue weighted by atomic mass is 79.9. The lowest BCUT2D eigenvalue weighted by molar-refractivity contribution is -0.139. The van der Waals surface area contributed by atoms with Crippen LogP contribution in [0.25, 0.3) is 0 Å². The number of nitriles is 1. The zero-order valence-corrected chi connectivity index (χ0v) is 21.6. The Hall–Kier alpha value is -3.09. The number of carbonyl (C=O) groups is 2. The molecule has 170 valence electrons. The first kappa shape index (κ1) is 24.6. The number of esters is 2. The van der Waals surface area contributed by atoms with Gasteiger partial charge in [-0.15, -0.1) is 0 Å². The Labute approximate surface area is 208 Å². The first-order chi connectivity index (χ1) is 15.7. The lowest BCUT2D eigenvalue weighted by atomic mass is 9.81. The molecule has 1 aliphatic heterocycles. The highest BCUT2D eigenvalue weighted by molar-refractivity contribution is 9.11. The number of benzene rings is 2. The second kappa shape index (κ2) is 9.81. The van der Waals surface area contributed by atoms with Crippen molar-refractivity contribution >= 4 is 49.5 Å². The highest BCUT2D eigenvalue weighted by Crippen LogP contribution is 2.47. The number of halogens is 2. The largest absolute Gasteiger partial charge is 0.466 e. The maximum Gasteiger partial charge on any atom is 0.355 e. The molecule has 9 heteroatoms. The maximum atomic E-state index is 13.2. The molecule has 2 N–H and O–H groups in total. The van der Waals surface area contributed by atoms with E-state index in [-0.39, 0.29) is 22.7 Å². The molecule has 1 aliphatic rings. The van der Waals surface area contributed by atoms with Crippen LogP contribution in [0, 0.1) is 25.2 Å². The number of rotatable bonds is 4. The summed E-state index contributed by atoms with van der Waals surface area (Å²) in [5, 5.41) is 10.1. The fourth-order valence-electron chi connectivity index (χ4n) is 3.77. The molecule has 1 unspecified atom stereocenters. The van der Waals surface area contributed by atoms with Crippen LogP contribution < -0.4 is 10.6 Å². The van der Waals surface area contributed by atoms with Crippen molar-refractivity contribution in [2.45, 2.75) is 19.8 Å². The van der Waals surface area contributed by atoms with Gasteiger partial charge in [-0.2, -0.15) is 5.26 Å². The molecular weight excluding hydrogens is 554 g/mol. The fraction of sp³-hybridized carbons (Fsp3) is 0.208. The standard InChI is InChI=1S/C24H21Br2N3O4/c1-12-10-16(25)20(19(26)13(12)2)29-21(24(31)33-4)18(23(30)32-3)17(15(11-27)22(29)28)14-8-6-5-7-9-14/h5-10,17H,28H2,1-4H3. The quantitative estimate of drug-likeness (QED) is 0.526. The van der Waals surface area contributed by atoms with Gasteiger partial charge >= 0.3 is 11.9 Å². The number of hydrogen-bond acceptors (Lipinski definition) is 7. The molecule has 3 rings (SSSR count). The number of aryl methyl sites for hydroxylation is 1. The summed E-state index contributed by atoms with van der Waals surface area (Å²) < 4.78 is 11.4. The predicted molar refractivity (Wildman–Crippen MR) is 131 cm³/mol. The number of anilines is 1. The second-order valence-corrected chi connectivity index (χ2v) is 8.95. The molecule has 33 heavy (non-hydrogen) atoms. The van der Waals surface area contributed by atoms with E-state index in [0.29, 0.717) is 20.2 Å². The summed E-state index contributed by atoms with van der Waals surface area (Å²) >= 11 is 7.14. The van der Waals surface area contributed by atoms with Crippen LogP contribution in [0.4, 0.5) is 5.69 Å². The number of methoxy groups -OCH3 is 2. The number of ether oxygens (including phenoxy) is 2. The zero-order chi connectivity index (χ0) is 24.4.